The molecule has 7 nitrogen and oxygen atoms in total. The molecule has 4 heterocycles. The number of nitrogens with zero attached hydrogens (tertiary/aromatic N) is 6. The molecule has 4 rings (SSSR count). The zero-order valence-electron chi connectivity index (χ0n) is 16.7. The van der Waals surface area contributed by atoms with Crippen molar-refractivity contribution in [1.29, 1.82) is 0 Å². The van der Waals surface area contributed by atoms with Gasteiger partial charge in [-0.15, -0.1) is 0 Å². The van der Waals surface area contributed by atoms with Gasteiger partial charge in [0.05, 0.1) is 24.9 Å². The van der Waals surface area contributed by atoms with Crippen LogP contribution in [0.25, 0.3) is 11.4 Å². The molecule has 3 aromatic heterocycles. The molecule has 0 aliphatic carbocycles. The molecule has 3 aromatic rings. The first-order valence-corrected chi connectivity index (χ1v) is 9.78. The van der Waals surface area contributed by atoms with Crippen molar-refractivity contribution in [3.05, 3.63) is 53.7 Å². The molecule has 1 aliphatic heterocycles. The highest BCUT2D eigenvalue weighted by molar-refractivity contribution is 5.57. The highest BCUT2D eigenvalue weighted by Crippen LogP contribution is 2.22. The predicted octanol–water partition coefficient (Wildman–Crippen LogP) is 2.82. The molecular formula is C21H26N6O. The molecule has 0 amide bonds. The van der Waals surface area contributed by atoms with Crippen LogP contribution in [0.5, 0.6) is 0 Å². The van der Waals surface area contributed by atoms with Crippen LogP contribution in [0, 0.1) is 13.8 Å². The van der Waals surface area contributed by atoms with E-state index in [9.17, 15) is 0 Å². The maximum atomic E-state index is 6.02. The van der Waals surface area contributed by atoms with Gasteiger partial charge in [-0.3, -0.25) is 9.67 Å². The Balaban J connectivity index is 1.57. The van der Waals surface area contributed by atoms with Crippen molar-refractivity contribution in [1.82, 2.24) is 24.7 Å². The van der Waals surface area contributed by atoms with Crippen molar-refractivity contribution in [2.45, 2.75) is 39.8 Å². The largest absolute Gasteiger partial charge is 0.373 e. The van der Waals surface area contributed by atoms with E-state index < -0.39 is 0 Å². The van der Waals surface area contributed by atoms with Crippen LogP contribution in [0.1, 0.15) is 24.0 Å². The second kappa shape index (κ2) is 8.06. The second-order valence-electron chi connectivity index (χ2n) is 7.18. The van der Waals surface area contributed by atoms with Crippen LogP contribution in [-0.4, -0.2) is 50.5 Å². The Morgan fingerprint density at radius 2 is 1.96 bits per heavy atom. The Labute approximate surface area is 165 Å². The van der Waals surface area contributed by atoms with Crippen LogP contribution >= 0.6 is 0 Å². The lowest BCUT2D eigenvalue weighted by Gasteiger charge is -2.34. The van der Waals surface area contributed by atoms with E-state index >= 15 is 0 Å². The summed E-state index contributed by atoms with van der Waals surface area (Å²) in [6, 6.07) is 8.09. The maximum absolute atomic E-state index is 6.02. The van der Waals surface area contributed by atoms with Crippen molar-refractivity contribution in [3.8, 4) is 11.4 Å². The van der Waals surface area contributed by atoms with Gasteiger partial charge in [-0.25, -0.2) is 9.97 Å². The van der Waals surface area contributed by atoms with Crippen molar-refractivity contribution in [3.63, 3.8) is 0 Å². The van der Waals surface area contributed by atoms with E-state index in [2.05, 4.69) is 41.0 Å². The molecule has 7 heteroatoms. The SMILES string of the molecule is CCc1cc(N2CCOC(Cn3nc(C)cc3C)C2)nc(-c2ccncc2)n1. The molecule has 0 N–H and O–H groups in total. The van der Waals surface area contributed by atoms with E-state index in [1.54, 1.807) is 12.4 Å². The molecular weight excluding hydrogens is 352 g/mol. The lowest BCUT2D eigenvalue weighted by molar-refractivity contribution is 0.0267. The Morgan fingerprint density at radius 1 is 1.14 bits per heavy atom. The molecule has 146 valence electrons. The topological polar surface area (TPSA) is 69.0 Å². The van der Waals surface area contributed by atoms with Gasteiger partial charge in [-0.2, -0.15) is 5.10 Å². The number of morpholine rings is 1. The van der Waals surface area contributed by atoms with Crippen LogP contribution in [0.15, 0.2) is 36.7 Å². The maximum Gasteiger partial charge on any atom is 0.161 e. The van der Waals surface area contributed by atoms with Crippen molar-refractivity contribution in [2.75, 3.05) is 24.6 Å². The third-order valence-electron chi connectivity index (χ3n) is 5.01. The first-order valence-electron chi connectivity index (χ1n) is 9.78. The fraction of sp³-hybridized carbons (Fsp3) is 0.429. The molecule has 1 atom stereocenters. The average Bonchev–Trinajstić information content (AvgIpc) is 3.05. The van der Waals surface area contributed by atoms with E-state index in [0.717, 1.165) is 60.3 Å². The lowest BCUT2D eigenvalue weighted by Crippen LogP contribution is -2.45. The quantitative estimate of drug-likeness (QED) is 0.680. The first-order chi connectivity index (χ1) is 13.6. The molecule has 1 aliphatic rings. The van der Waals surface area contributed by atoms with Crippen LogP contribution < -0.4 is 4.90 Å². The number of anilines is 1. The summed E-state index contributed by atoms with van der Waals surface area (Å²) in [6.07, 6.45) is 4.50. The first kappa shape index (κ1) is 18.6. The van der Waals surface area contributed by atoms with E-state index in [1.807, 2.05) is 23.7 Å². The Bertz CT molecular complexity index is 939. The minimum atomic E-state index is 0.0798. The van der Waals surface area contributed by atoms with Gasteiger partial charge in [0.2, 0.25) is 0 Å². The fourth-order valence-electron chi connectivity index (χ4n) is 3.55. The van der Waals surface area contributed by atoms with Gasteiger partial charge in [-0.05, 0) is 38.5 Å². The normalized spacial score (nSPS) is 17.1. The third kappa shape index (κ3) is 4.04. The molecule has 0 saturated carbocycles. The summed E-state index contributed by atoms with van der Waals surface area (Å²) in [6.45, 7) is 9.26. The highest BCUT2D eigenvalue weighted by atomic mass is 16.5. The number of hydrogen-bond donors (Lipinski definition) is 0. The minimum Gasteiger partial charge on any atom is -0.373 e. The summed E-state index contributed by atoms with van der Waals surface area (Å²) in [5.74, 6) is 1.71. The summed E-state index contributed by atoms with van der Waals surface area (Å²) in [7, 11) is 0. The monoisotopic (exact) mass is 378 g/mol. The Hall–Kier alpha value is -2.80. The van der Waals surface area contributed by atoms with Gasteiger partial charge in [0.25, 0.3) is 0 Å². The Morgan fingerprint density at radius 3 is 2.68 bits per heavy atom. The van der Waals surface area contributed by atoms with E-state index in [1.165, 1.54) is 0 Å². The third-order valence-corrected chi connectivity index (χ3v) is 5.01. The van der Waals surface area contributed by atoms with Gasteiger partial charge in [0, 0.05) is 48.5 Å². The molecule has 1 unspecified atom stereocenters. The fourth-order valence-corrected chi connectivity index (χ4v) is 3.55. The lowest BCUT2D eigenvalue weighted by atomic mass is 10.2. The predicted molar refractivity (Wildman–Crippen MR) is 108 cm³/mol. The minimum absolute atomic E-state index is 0.0798. The van der Waals surface area contributed by atoms with Gasteiger partial charge >= 0.3 is 0 Å². The smallest absolute Gasteiger partial charge is 0.161 e. The van der Waals surface area contributed by atoms with Gasteiger partial charge in [-0.1, -0.05) is 6.92 Å². The zero-order chi connectivity index (χ0) is 19.5. The molecule has 0 spiro atoms. The van der Waals surface area contributed by atoms with E-state index in [-0.39, 0.29) is 6.10 Å². The van der Waals surface area contributed by atoms with Crippen LogP contribution in [-0.2, 0) is 17.7 Å². The molecule has 1 fully saturated rings. The van der Waals surface area contributed by atoms with Gasteiger partial charge in [0.15, 0.2) is 5.82 Å². The van der Waals surface area contributed by atoms with Crippen molar-refractivity contribution < 1.29 is 4.74 Å². The number of aryl methyl sites for hydroxylation is 3. The van der Waals surface area contributed by atoms with Gasteiger partial charge in [0.1, 0.15) is 5.82 Å². The average molecular weight is 378 g/mol. The number of hydrogen-bond acceptors (Lipinski definition) is 6. The van der Waals surface area contributed by atoms with Crippen molar-refractivity contribution in [2.24, 2.45) is 0 Å². The molecule has 0 radical (unpaired) electrons. The zero-order valence-corrected chi connectivity index (χ0v) is 16.7. The summed E-state index contributed by atoms with van der Waals surface area (Å²) >= 11 is 0. The van der Waals surface area contributed by atoms with E-state index in [0.29, 0.717) is 6.61 Å². The summed E-state index contributed by atoms with van der Waals surface area (Å²) in [5, 5.41) is 4.57. The molecule has 0 bridgehead atoms. The van der Waals surface area contributed by atoms with Crippen LogP contribution in [0.3, 0.4) is 0 Å². The second-order valence-corrected chi connectivity index (χ2v) is 7.18. The van der Waals surface area contributed by atoms with Crippen LogP contribution in [0.4, 0.5) is 5.82 Å². The summed E-state index contributed by atoms with van der Waals surface area (Å²) < 4.78 is 8.05. The Kier molecular flexibility index (Phi) is 5.34. The highest BCUT2D eigenvalue weighted by Gasteiger charge is 2.23. The van der Waals surface area contributed by atoms with E-state index in [4.69, 9.17) is 14.7 Å². The van der Waals surface area contributed by atoms with Crippen molar-refractivity contribution >= 4 is 5.82 Å². The number of rotatable bonds is 5. The van der Waals surface area contributed by atoms with Crippen LogP contribution in [0.2, 0.25) is 0 Å². The van der Waals surface area contributed by atoms with Gasteiger partial charge < -0.3 is 9.64 Å². The number of pyridine rings is 1. The molecule has 28 heavy (non-hydrogen) atoms. The number of ether oxygens (including phenoxy) is 1. The molecule has 1 saturated heterocycles. The number of aromatic nitrogens is 5. The molecule has 0 aromatic carbocycles. The standard InChI is InChI=1S/C21H26N6O/c1-4-18-12-20(24-21(23-18)17-5-7-22-8-6-17)26-9-10-28-19(13-26)14-27-16(3)11-15(2)25-27/h5-8,11-12,19H,4,9-10,13-14H2,1-3H3. The summed E-state index contributed by atoms with van der Waals surface area (Å²) in [4.78, 5) is 15.9. The summed E-state index contributed by atoms with van der Waals surface area (Å²) in [5.41, 5.74) is 4.22.